The van der Waals surface area contributed by atoms with Crippen LogP contribution in [-0.2, 0) is 19.1 Å². The molecule has 0 bridgehead atoms. The van der Waals surface area contributed by atoms with Crippen molar-refractivity contribution in [3.8, 4) is 5.75 Å². The first-order valence-electron chi connectivity index (χ1n) is 11.0. The monoisotopic (exact) mass is 503 g/mol. The molecule has 36 heavy (non-hydrogen) atoms. The molecular weight excluding hydrogens is 482 g/mol. The van der Waals surface area contributed by atoms with Gasteiger partial charge in [0.1, 0.15) is 10.3 Å². The van der Waals surface area contributed by atoms with E-state index in [2.05, 4.69) is 4.99 Å². The normalized spacial score (nSPS) is 17.9. The van der Waals surface area contributed by atoms with Crippen LogP contribution in [0.25, 0.3) is 5.57 Å². The van der Waals surface area contributed by atoms with E-state index in [-0.39, 0.29) is 15.7 Å². The van der Waals surface area contributed by atoms with Gasteiger partial charge in [-0.1, -0.05) is 41.7 Å². The second-order valence-corrected chi connectivity index (χ2v) is 9.20. The van der Waals surface area contributed by atoms with Gasteiger partial charge in [0, 0.05) is 12.5 Å². The van der Waals surface area contributed by atoms with Crippen LogP contribution in [0.4, 0.5) is 5.69 Å². The zero-order valence-electron chi connectivity index (χ0n) is 19.9. The third kappa shape index (κ3) is 3.41. The maximum Gasteiger partial charge on any atom is 0.338 e. The molecule has 0 fully saturated rings. The third-order valence-electron chi connectivity index (χ3n) is 6.19. The van der Waals surface area contributed by atoms with Crippen molar-refractivity contribution in [3.63, 3.8) is 0 Å². The lowest BCUT2D eigenvalue weighted by molar-refractivity contribution is -0.136. The number of para-hydroxylation sites is 1. The number of carbonyl (C=O) groups is 3. The summed E-state index contributed by atoms with van der Waals surface area (Å²) in [6.45, 7) is 2.97. The Morgan fingerprint density at radius 2 is 1.81 bits per heavy atom. The van der Waals surface area contributed by atoms with Crippen molar-refractivity contribution in [2.24, 2.45) is 4.99 Å². The van der Waals surface area contributed by atoms with Crippen molar-refractivity contribution in [3.05, 3.63) is 90.6 Å². The first-order chi connectivity index (χ1) is 17.3. The fourth-order valence-electron chi connectivity index (χ4n) is 4.62. The smallest absolute Gasteiger partial charge is 0.338 e. The van der Waals surface area contributed by atoms with E-state index in [4.69, 9.17) is 9.47 Å². The van der Waals surface area contributed by atoms with E-state index < -0.39 is 29.4 Å². The van der Waals surface area contributed by atoms with Gasteiger partial charge in [-0.25, -0.2) is 14.7 Å². The average molecular weight is 504 g/mol. The topological polar surface area (TPSA) is 107 Å². The summed E-state index contributed by atoms with van der Waals surface area (Å²) in [5.74, 6) is -1.09. The van der Waals surface area contributed by atoms with Gasteiger partial charge in [-0.2, -0.15) is 0 Å². The SMILES string of the molecule is COC(=O)C1=C(C)N=c2sc(=C3C(=O)N(C(C)=O)c4ccccc43)c(=O)n2C1c1cccc(OC)c1. The lowest BCUT2D eigenvalue weighted by Gasteiger charge is -2.24. The Kier molecular flexibility index (Phi) is 5.68. The van der Waals surface area contributed by atoms with Gasteiger partial charge in [0.05, 0.1) is 42.8 Å². The van der Waals surface area contributed by atoms with Crippen molar-refractivity contribution < 1.29 is 23.9 Å². The quantitative estimate of drug-likeness (QED) is 0.504. The molecule has 3 heterocycles. The molecule has 2 amide bonds. The minimum absolute atomic E-state index is 0.134. The number of ether oxygens (including phenoxy) is 2. The van der Waals surface area contributed by atoms with E-state index in [9.17, 15) is 19.2 Å². The second-order valence-electron chi connectivity index (χ2n) is 8.22. The molecule has 2 aromatic carbocycles. The van der Waals surface area contributed by atoms with Gasteiger partial charge in [0.15, 0.2) is 4.80 Å². The number of aromatic nitrogens is 1. The highest BCUT2D eigenvalue weighted by Gasteiger charge is 2.38. The Hall–Kier alpha value is -4.31. The highest BCUT2D eigenvalue weighted by molar-refractivity contribution is 7.07. The predicted octanol–water partition coefficient (Wildman–Crippen LogP) is 1.68. The van der Waals surface area contributed by atoms with Gasteiger partial charge in [-0.3, -0.25) is 19.0 Å². The molecule has 3 aromatic rings. The van der Waals surface area contributed by atoms with Crippen LogP contribution in [0, 0.1) is 0 Å². The van der Waals surface area contributed by atoms with Gasteiger partial charge in [0.2, 0.25) is 5.91 Å². The number of anilines is 1. The maximum absolute atomic E-state index is 14.0. The number of methoxy groups -OCH3 is 2. The fraction of sp³-hybridized carbons (Fsp3) is 0.192. The van der Waals surface area contributed by atoms with E-state index >= 15 is 0 Å². The van der Waals surface area contributed by atoms with Crippen LogP contribution >= 0.6 is 11.3 Å². The number of esters is 1. The first kappa shape index (κ1) is 23.4. The number of rotatable bonds is 3. The number of nitrogens with zero attached hydrogens (tertiary/aromatic N) is 3. The zero-order valence-corrected chi connectivity index (χ0v) is 20.7. The lowest BCUT2D eigenvalue weighted by Crippen LogP contribution is -2.41. The Morgan fingerprint density at radius 1 is 1.06 bits per heavy atom. The van der Waals surface area contributed by atoms with Crippen molar-refractivity contribution >= 4 is 40.4 Å². The molecule has 5 rings (SSSR count). The van der Waals surface area contributed by atoms with E-state index in [1.165, 1.54) is 25.7 Å². The van der Waals surface area contributed by atoms with Crippen molar-refractivity contribution in [2.75, 3.05) is 19.1 Å². The van der Waals surface area contributed by atoms with Crippen LogP contribution in [0.2, 0.25) is 0 Å². The largest absolute Gasteiger partial charge is 0.497 e. The Bertz CT molecular complexity index is 1680. The first-order valence-corrected chi connectivity index (χ1v) is 11.8. The van der Waals surface area contributed by atoms with Crippen LogP contribution in [0.15, 0.2) is 69.6 Å². The number of amides is 2. The Balaban J connectivity index is 1.85. The minimum atomic E-state index is -0.853. The van der Waals surface area contributed by atoms with Crippen molar-refractivity contribution in [2.45, 2.75) is 19.9 Å². The molecule has 0 N–H and O–H groups in total. The van der Waals surface area contributed by atoms with Crippen LogP contribution in [0.1, 0.15) is 31.0 Å². The number of carbonyl (C=O) groups excluding carboxylic acids is 3. The van der Waals surface area contributed by atoms with Gasteiger partial charge >= 0.3 is 5.97 Å². The molecule has 0 radical (unpaired) electrons. The zero-order chi connectivity index (χ0) is 25.7. The van der Waals surface area contributed by atoms with Crippen LogP contribution in [0.5, 0.6) is 5.75 Å². The molecule has 9 nitrogen and oxygen atoms in total. The summed E-state index contributed by atoms with van der Waals surface area (Å²) in [5.41, 5.74) is 1.77. The summed E-state index contributed by atoms with van der Waals surface area (Å²) in [4.78, 5) is 58.4. The number of allylic oxidation sites excluding steroid dienone is 1. The Labute approximate surface area is 209 Å². The highest BCUT2D eigenvalue weighted by atomic mass is 32.1. The van der Waals surface area contributed by atoms with E-state index in [0.29, 0.717) is 33.1 Å². The summed E-state index contributed by atoms with van der Waals surface area (Å²) in [6, 6.07) is 13.0. The summed E-state index contributed by atoms with van der Waals surface area (Å²) in [6.07, 6.45) is 0. The van der Waals surface area contributed by atoms with Crippen molar-refractivity contribution in [1.82, 2.24) is 4.57 Å². The molecule has 2 aliphatic heterocycles. The molecule has 1 aromatic heterocycles. The van der Waals surface area contributed by atoms with E-state index in [1.807, 2.05) is 0 Å². The standard InChI is InChI=1S/C26H21N3O6S/c1-13-19(25(33)35-4)21(15-8-7-9-16(12-15)34-3)29-24(32)22(36-26(29)27-13)20-17-10-5-6-11-18(17)28(14(2)30)23(20)31/h5-12,21H,1-4H3. The van der Waals surface area contributed by atoms with Gasteiger partial charge in [0.25, 0.3) is 11.5 Å². The van der Waals surface area contributed by atoms with Crippen LogP contribution < -0.4 is 24.5 Å². The van der Waals surface area contributed by atoms with Gasteiger partial charge < -0.3 is 9.47 Å². The maximum atomic E-state index is 14.0. The Morgan fingerprint density at radius 3 is 2.50 bits per heavy atom. The summed E-state index contributed by atoms with van der Waals surface area (Å²) < 4.78 is 11.9. The van der Waals surface area contributed by atoms with Gasteiger partial charge in [-0.15, -0.1) is 0 Å². The number of hydrogen-bond acceptors (Lipinski definition) is 8. The molecule has 0 saturated carbocycles. The lowest BCUT2D eigenvalue weighted by atomic mass is 9.95. The molecule has 1 atom stereocenters. The molecule has 182 valence electrons. The molecule has 0 aliphatic carbocycles. The molecule has 1 unspecified atom stereocenters. The van der Waals surface area contributed by atoms with E-state index in [0.717, 1.165) is 16.2 Å². The van der Waals surface area contributed by atoms with Gasteiger partial charge in [-0.05, 0) is 30.7 Å². The number of hydrogen-bond donors (Lipinski definition) is 0. The average Bonchev–Trinajstić information content (AvgIpc) is 3.35. The van der Waals surface area contributed by atoms with Crippen LogP contribution in [-0.4, -0.2) is 36.6 Å². The molecule has 0 spiro atoms. The minimum Gasteiger partial charge on any atom is -0.497 e. The predicted molar refractivity (Wildman–Crippen MR) is 132 cm³/mol. The van der Waals surface area contributed by atoms with Crippen LogP contribution in [0.3, 0.4) is 0 Å². The number of benzene rings is 2. The fourth-order valence-corrected chi connectivity index (χ4v) is 5.76. The summed E-state index contributed by atoms with van der Waals surface area (Å²) in [7, 11) is 2.79. The summed E-state index contributed by atoms with van der Waals surface area (Å²) >= 11 is 1.04. The number of thiazole rings is 1. The molecular formula is C26H21N3O6S. The highest BCUT2D eigenvalue weighted by Crippen LogP contribution is 2.36. The number of fused-ring (bicyclic) bond motifs is 2. The molecule has 2 aliphatic rings. The third-order valence-corrected chi connectivity index (χ3v) is 7.24. The number of imide groups is 1. The van der Waals surface area contributed by atoms with E-state index in [1.54, 1.807) is 55.5 Å². The molecule has 10 heteroatoms. The second kappa shape index (κ2) is 8.72. The summed E-state index contributed by atoms with van der Waals surface area (Å²) in [5, 5.41) is 0. The molecule has 0 saturated heterocycles. The van der Waals surface area contributed by atoms with Crippen molar-refractivity contribution in [1.29, 1.82) is 0 Å².